The average Bonchev–Trinajstić information content (AvgIpc) is 2.70. The van der Waals surface area contributed by atoms with E-state index in [0.29, 0.717) is 0 Å². The number of esters is 2. The molecule has 1 amide bonds. The predicted molar refractivity (Wildman–Crippen MR) is 115 cm³/mol. The molecule has 0 spiro atoms. The summed E-state index contributed by atoms with van der Waals surface area (Å²) >= 11 is 0. The second kappa shape index (κ2) is 11.2. The van der Waals surface area contributed by atoms with Gasteiger partial charge >= 0.3 is 18.0 Å². The van der Waals surface area contributed by atoms with E-state index in [9.17, 15) is 14.4 Å². The maximum absolute atomic E-state index is 12.6. The quantitative estimate of drug-likeness (QED) is 0.505. The molecular formula is C24H29NO6. The van der Waals surface area contributed by atoms with Gasteiger partial charge in [0.15, 0.2) is 0 Å². The van der Waals surface area contributed by atoms with Gasteiger partial charge in [0.1, 0.15) is 24.9 Å². The summed E-state index contributed by atoms with van der Waals surface area (Å²) in [6.45, 7) is 7.14. The van der Waals surface area contributed by atoms with Crippen molar-refractivity contribution >= 4 is 18.0 Å². The molecule has 0 saturated carbocycles. The first kappa shape index (κ1) is 23.9. The van der Waals surface area contributed by atoms with E-state index in [-0.39, 0.29) is 19.6 Å². The van der Waals surface area contributed by atoms with Crippen molar-refractivity contribution in [3.63, 3.8) is 0 Å². The Bertz CT molecular complexity index is 871. The lowest BCUT2D eigenvalue weighted by Gasteiger charge is -2.22. The molecule has 0 saturated heterocycles. The Balaban J connectivity index is 1.98. The number of benzene rings is 2. The highest BCUT2D eigenvalue weighted by atomic mass is 16.6. The number of alkyl carbamates (subject to hydrolysis) is 1. The Morgan fingerprint density at radius 2 is 1.45 bits per heavy atom. The molecule has 7 nitrogen and oxygen atoms in total. The van der Waals surface area contributed by atoms with Gasteiger partial charge in [-0.1, -0.05) is 60.2 Å². The summed E-state index contributed by atoms with van der Waals surface area (Å²) in [7, 11) is 0. The zero-order chi connectivity index (χ0) is 22.9. The Morgan fingerprint density at radius 1 is 0.871 bits per heavy atom. The fourth-order valence-corrected chi connectivity index (χ4v) is 2.55. The van der Waals surface area contributed by atoms with E-state index in [4.69, 9.17) is 14.2 Å². The van der Waals surface area contributed by atoms with E-state index in [2.05, 4.69) is 5.32 Å². The molecule has 1 atom stereocenters. The summed E-state index contributed by atoms with van der Waals surface area (Å²) in [6, 6.07) is 15.4. The third-order valence-electron chi connectivity index (χ3n) is 4.09. The molecule has 0 bridgehead atoms. The van der Waals surface area contributed by atoms with Crippen molar-refractivity contribution in [3.05, 3.63) is 71.3 Å². The lowest BCUT2D eigenvalue weighted by atomic mass is 10.1. The Kier molecular flexibility index (Phi) is 8.61. The van der Waals surface area contributed by atoms with Crippen LogP contribution in [0.3, 0.4) is 0 Å². The van der Waals surface area contributed by atoms with Crippen molar-refractivity contribution in [2.24, 2.45) is 0 Å². The molecule has 2 aromatic carbocycles. The third kappa shape index (κ3) is 9.33. The van der Waals surface area contributed by atoms with Crippen LogP contribution in [0.1, 0.15) is 43.9 Å². The number of ether oxygens (including phenoxy) is 3. The highest BCUT2D eigenvalue weighted by Gasteiger charge is 2.28. The van der Waals surface area contributed by atoms with Crippen LogP contribution in [-0.2, 0) is 37.0 Å². The molecule has 2 aromatic rings. The number of hydrogen-bond donors (Lipinski definition) is 1. The normalized spacial score (nSPS) is 11.9. The monoisotopic (exact) mass is 427 g/mol. The first-order valence-electron chi connectivity index (χ1n) is 10.0. The lowest BCUT2D eigenvalue weighted by Crippen LogP contribution is -2.45. The molecule has 1 N–H and O–H groups in total. The van der Waals surface area contributed by atoms with Crippen molar-refractivity contribution in [1.82, 2.24) is 5.32 Å². The standard InChI is InChI=1S/C24H29NO6/c1-17-10-12-19(13-11-17)16-30-22(27)20(25-23(28)31-24(2,3)4)14-21(26)29-15-18-8-6-5-7-9-18/h5-13,20H,14-16H2,1-4H3,(H,25,28)/t20-/m0/s1. The maximum atomic E-state index is 12.6. The van der Waals surface area contributed by atoms with Gasteiger partial charge < -0.3 is 19.5 Å². The van der Waals surface area contributed by atoms with Crippen molar-refractivity contribution < 1.29 is 28.6 Å². The SMILES string of the molecule is Cc1ccc(COC(=O)[C@H](CC(=O)OCc2ccccc2)NC(=O)OC(C)(C)C)cc1. The van der Waals surface area contributed by atoms with Crippen molar-refractivity contribution in [2.75, 3.05) is 0 Å². The topological polar surface area (TPSA) is 90.9 Å². The summed E-state index contributed by atoms with van der Waals surface area (Å²) in [5.41, 5.74) is 1.94. The van der Waals surface area contributed by atoms with Gasteiger partial charge in [0.25, 0.3) is 0 Å². The molecular weight excluding hydrogens is 398 g/mol. The lowest BCUT2D eigenvalue weighted by molar-refractivity contribution is -0.154. The smallest absolute Gasteiger partial charge is 0.408 e. The predicted octanol–water partition coefficient (Wildman–Crippen LogP) is 4.07. The molecule has 0 unspecified atom stereocenters. The molecule has 0 heterocycles. The number of aryl methyl sites for hydroxylation is 1. The van der Waals surface area contributed by atoms with Gasteiger partial charge in [0, 0.05) is 0 Å². The van der Waals surface area contributed by atoms with Crippen LogP contribution in [0.15, 0.2) is 54.6 Å². The minimum absolute atomic E-state index is 0.0185. The van der Waals surface area contributed by atoms with Gasteiger partial charge in [-0.15, -0.1) is 0 Å². The number of hydrogen-bond acceptors (Lipinski definition) is 6. The maximum Gasteiger partial charge on any atom is 0.408 e. The van der Waals surface area contributed by atoms with Gasteiger partial charge in [-0.25, -0.2) is 9.59 Å². The third-order valence-corrected chi connectivity index (χ3v) is 4.09. The molecule has 7 heteroatoms. The molecule has 166 valence electrons. The highest BCUT2D eigenvalue weighted by Crippen LogP contribution is 2.10. The number of carbonyl (C=O) groups is 3. The zero-order valence-corrected chi connectivity index (χ0v) is 18.3. The van der Waals surface area contributed by atoms with E-state index in [0.717, 1.165) is 16.7 Å². The van der Waals surface area contributed by atoms with E-state index in [1.54, 1.807) is 20.8 Å². The van der Waals surface area contributed by atoms with E-state index in [1.807, 2.05) is 61.5 Å². The first-order valence-corrected chi connectivity index (χ1v) is 10.0. The summed E-state index contributed by atoms with van der Waals surface area (Å²) in [4.78, 5) is 37.0. The van der Waals surface area contributed by atoms with Crippen LogP contribution in [0, 0.1) is 6.92 Å². The van der Waals surface area contributed by atoms with Gasteiger partial charge in [-0.3, -0.25) is 4.79 Å². The second-order valence-electron chi connectivity index (χ2n) is 8.14. The molecule has 31 heavy (non-hydrogen) atoms. The van der Waals surface area contributed by atoms with E-state index >= 15 is 0 Å². The van der Waals surface area contributed by atoms with Gasteiger partial charge in [0.2, 0.25) is 0 Å². The summed E-state index contributed by atoms with van der Waals surface area (Å²) in [5.74, 6) is -1.39. The molecule has 0 aliphatic heterocycles. The molecule has 0 aromatic heterocycles. The van der Waals surface area contributed by atoms with Crippen LogP contribution in [0.5, 0.6) is 0 Å². The van der Waals surface area contributed by atoms with Gasteiger partial charge in [-0.2, -0.15) is 0 Å². The second-order valence-corrected chi connectivity index (χ2v) is 8.14. The van der Waals surface area contributed by atoms with Crippen LogP contribution in [0.2, 0.25) is 0 Å². The fourth-order valence-electron chi connectivity index (χ4n) is 2.55. The van der Waals surface area contributed by atoms with Crippen molar-refractivity contribution in [3.8, 4) is 0 Å². The fraction of sp³-hybridized carbons (Fsp3) is 0.375. The zero-order valence-electron chi connectivity index (χ0n) is 18.3. The summed E-state index contributed by atoms with van der Waals surface area (Å²) in [6.07, 6.45) is -1.20. The van der Waals surface area contributed by atoms with Gasteiger partial charge in [-0.05, 0) is 38.8 Å². The minimum Gasteiger partial charge on any atom is -0.461 e. The number of carbonyl (C=O) groups excluding carboxylic acids is 3. The number of rotatable bonds is 8. The summed E-state index contributed by atoms with van der Waals surface area (Å²) < 4.78 is 15.7. The van der Waals surface area contributed by atoms with Crippen LogP contribution in [0.25, 0.3) is 0 Å². The van der Waals surface area contributed by atoms with Crippen LogP contribution in [-0.4, -0.2) is 29.7 Å². The Morgan fingerprint density at radius 3 is 2.06 bits per heavy atom. The minimum atomic E-state index is -1.23. The number of nitrogens with one attached hydrogen (secondary N) is 1. The largest absolute Gasteiger partial charge is 0.461 e. The van der Waals surface area contributed by atoms with Crippen LogP contribution < -0.4 is 5.32 Å². The molecule has 0 aliphatic rings. The van der Waals surface area contributed by atoms with E-state index < -0.39 is 29.7 Å². The van der Waals surface area contributed by atoms with Gasteiger partial charge in [0.05, 0.1) is 6.42 Å². The van der Waals surface area contributed by atoms with Crippen LogP contribution in [0.4, 0.5) is 4.79 Å². The Hall–Kier alpha value is -3.35. The van der Waals surface area contributed by atoms with E-state index in [1.165, 1.54) is 0 Å². The molecule has 0 radical (unpaired) electrons. The average molecular weight is 427 g/mol. The Labute approximate surface area is 182 Å². The van der Waals surface area contributed by atoms with Crippen molar-refractivity contribution in [1.29, 1.82) is 0 Å². The summed E-state index contributed by atoms with van der Waals surface area (Å²) in [5, 5.41) is 2.41. The first-order chi connectivity index (χ1) is 14.6. The molecule has 0 fully saturated rings. The molecule has 0 aliphatic carbocycles. The van der Waals surface area contributed by atoms with Crippen LogP contribution >= 0.6 is 0 Å². The number of amides is 1. The highest BCUT2D eigenvalue weighted by molar-refractivity contribution is 5.86. The molecule has 2 rings (SSSR count). The van der Waals surface area contributed by atoms with Crippen molar-refractivity contribution in [2.45, 2.75) is 59.0 Å².